The Bertz CT molecular complexity index is 855. The zero-order chi connectivity index (χ0) is 20.1. The number of amides is 2. The van der Waals surface area contributed by atoms with E-state index in [0.29, 0.717) is 43.9 Å². The number of benzene rings is 2. The van der Waals surface area contributed by atoms with Crippen molar-refractivity contribution < 1.29 is 18.7 Å². The molecule has 1 aliphatic heterocycles. The zero-order valence-electron chi connectivity index (χ0n) is 16.2. The fourth-order valence-electron chi connectivity index (χ4n) is 3.35. The summed E-state index contributed by atoms with van der Waals surface area (Å²) in [5.74, 6) is -0.250. The number of nitrogens with zero attached hydrogens (tertiary/aromatic N) is 2. The lowest BCUT2D eigenvalue weighted by Gasteiger charge is -2.25. The van der Waals surface area contributed by atoms with Gasteiger partial charge in [-0.05, 0) is 44.5 Å². The Balaban J connectivity index is 1.59. The van der Waals surface area contributed by atoms with Gasteiger partial charge in [0.25, 0.3) is 11.8 Å². The minimum Gasteiger partial charge on any atom is -0.481 e. The van der Waals surface area contributed by atoms with Gasteiger partial charge in [-0.3, -0.25) is 9.59 Å². The highest BCUT2D eigenvalue weighted by molar-refractivity contribution is 5.94. The molecule has 0 aromatic heterocycles. The summed E-state index contributed by atoms with van der Waals surface area (Å²) in [5, 5.41) is 0. The number of aryl methyl sites for hydroxylation is 1. The van der Waals surface area contributed by atoms with Gasteiger partial charge >= 0.3 is 0 Å². The van der Waals surface area contributed by atoms with Crippen molar-refractivity contribution in [2.75, 3.05) is 26.2 Å². The molecule has 2 aromatic carbocycles. The Hall–Kier alpha value is -2.89. The lowest BCUT2D eigenvalue weighted by molar-refractivity contribution is -0.137. The molecule has 1 heterocycles. The summed E-state index contributed by atoms with van der Waals surface area (Å²) >= 11 is 0. The van der Waals surface area contributed by atoms with Gasteiger partial charge in [0, 0.05) is 37.8 Å². The van der Waals surface area contributed by atoms with Gasteiger partial charge < -0.3 is 14.5 Å². The van der Waals surface area contributed by atoms with Gasteiger partial charge in [-0.25, -0.2) is 4.39 Å². The summed E-state index contributed by atoms with van der Waals surface area (Å²) in [5.41, 5.74) is 1.71. The number of carbonyl (C=O) groups is 2. The fourth-order valence-corrected chi connectivity index (χ4v) is 3.35. The maximum atomic E-state index is 13.3. The molecule has 1 aliphatic rings. The molecule has 6 heteroatoms. The van der Waals surface area contributed by atoms with Crippen LogP contribution in [-0.4, -0.2) is 53.9 Å². The van der Waals surface area contributed by atoms with Crippen LogP contribution in [0, 0.1) is 12.7 Å². The van der Waals surface area contributed by atoms with Gasteiger partial charge in [0.1, 0.15) is 11.6 Å². The molecule has 3 rings (SSSR count). The van der Waals surface area contributed by atoms with Crippen LogP contribution in [0.15, 0.2) is 48.5 Å². The minimum atomic E-state index is -0.721. The third-order valence-electron chi connectivity index (χ3n) is 4.82. The summed E-state index contributed by atoms with van der Waals surface area (Å²) < 4.78 is 18.9. The first-order valence-corrected chi connectivity index (χ1v) is 9.51. The fraction of sp³-hybridized carbons (Fsp3) is 0.364. The monoisotopic (exact) mass is 384 g/mol. The van der Waals surface area contributed by atoms with Crippen molar-refractivity contribution in [2.45, 2.75) is 26.4 Å². The van der Waals surface area contributed by atoms with Crippen molar-refractivity contribution in [1.82, 2.24) is 9.80 Å². The minimum absolute atomic E-state index is 0.0120. The van der Waals surface area contributed by atoms with Crippen LogP contribution in [0.2, 0.25) is 0 Å². The van der Waals surface area contributed by atoms with Crippen molar-refractivity contribution in [3.05, 3.63) is 65.5 Å². The van der Waals surface area contributed by atoms with Crippen molar-refractivity contribution in [3.63, 3.8) is 0 Å². The second-order valence-electron chi connectivity index (χ2n) is 7.06. The molecule has 1 fully saturated rings. The lowest BCUT2D eigenvalue weighted by Crippen LogP contribution is -2.43. The third kappa shape index (κ3) is 4.88. The van der Waals surface area contributed by atoms with Crippen LogP contribution in [0.5, 0.6) is 5.75 Å². The summed E-state index contributed by atoms with van der Waals surface area (Å²) in [6.45, 7) is 5.72. The highest BCUT2D eigenvalue weighted by atomic mass is 19.1. The van der Waals surface area contributed by atoms with Crippen molar-refractivity contribution in [2.24, 2.45) is 0 Å². The maximum absolute atomic E-state index is 13.3. The third-order valence-corrected chi connectivity index (χ3v) is 4.82. The molecule has 0 saturated carbocycles. The number of hydrogen-bond acceptors (Lipinski definition) is 3. The number of carbonyl (C=O) groups excluding carboxylic acids is 2. The molecule has 0 radical (unpaired) electrons. The van der Waals surface area contributed by atoms with Crippen LogP contribution >= 0.6 is 0 Å². The van der Waals surface area contributed by atoms with E-state index in [1.54, 1.807) is 28.9 Å². The first-order valence-electron chi connectivity index (χ1n) is 9.51. The molecule has 1 atom stereocenters. The molecule has 28 heavy (non-hydrogen) atoms. The Morgan fingerprint density at radius 3 is 2.46 bits per heavy atom. The molecule has 1 saturated heterocycles. The van der Waals surface area contributed by atoms with Crippen LogP contribution in [0.1, 0.15) is 29.3 Å². The van der Waals surface area contributed by atoms with Gasteiger partial charge in [0.15, 0.2) is 6.10 Å². The topological polar surface area (TPSA) is 49.9 Å². The Morgan fingerprint density at radius 2 is 1.71 bits per heavy atom. The summed E-state index contributed by atoms with van der Waals surface area (Å²) in [4.78, 5) is 29.0. The molecule has 0 N–H and O–H groups in total. The second-order valence-corrected chi connectivity index (χ2v) is 7.06. The van der Waals surface area contributed by atoms with Gasteiger partial charge in [0.05, 0.1) is 0 Å². The van der Waals surface area contributed by atoms with E-state index in [-0.39, 0.29) is 11.8 Å². The summed E-state index contributed by atoms with van der Waals surface area (Å²) in [6.07, 6.45) is -0.0171. The first-order chi connectivity index (χ1) is 13.4. The second kappa shape index (κ2) is 8.87. The first kappa shape index (κ1) is 19.9. The maximum Gasteiger partial charge on any atom is 0.263 e. The Kier molecular flexibility index (Phi) is 6.29. The number of hydrogen-bond donors (Lipinski definition) is 0. The molecule has 2 amide bonds. The molecule has 0 aliphatic carbocycles. The van der Waals surface area contributed by atoms with Crippen molar-refractivity contribution >= 4 is 11.8 Å². The zero-order valence-corrected chi connectivity index (χ0v) is 16.2. The highest BCUT2D eigenvalue weighted by Crippen LogP contribution is 2.16. The largest absolute Gasteiger partial charge is 0.481 e. The average Bonchev–Trinajstić information content (AvgIpc) is 2.93. The van der Waals surface area contributed by atoms with Gasteiger partial charge in [0.2, 0.25) is 0 Å². The smallest absolute Gasteiger partial charge is 0.263 e. The SMILES string of the molecule is Cc1cccc(C(=O)N2CCCN(C(=O)C(C)Oc3cccc(F)c3)CC2)c1. The molecular weight excluding hydrogens is 359 g/mol. The van der Waals surface area contributed by atoms with E-state index in [0.717, 1.165) is 5.56 Å². The van der Waals surface area contributed by atoms with Gasteiger partial charge in [-0.2, -0.15) is 0 Å². The predicted molar refractivity (Wildman–Crippen MR) is 105 cm³/mol. The molecule has 5 nitrogen and oxygen atoms in total. The van der Waals surface area contributed by atoms with E-state index in [1.807, 2.05) is 31.2 Å². The number of halogens is 1. The van der Waals surface area contributed by atoms with Gasteiger partial charge in [-0.1, -0.05) is 23.8 Å². The highest BCUT2D eigenvalue weighted by Gasteiger charge is 2.26. The van der Waals surface area contributed by atoms with E-state index in [9.17, 15) is 14.0 Å². The predicted octanol–water partition coefficient (Wildman–Crippen LogP) is 3.28. The summed E-state index contributed by atoms with van der Waals surface area (Å²) in [6, 6.07) is 13.3. The number of rotatable bonds is 4. The van der Waals surface area contributed by atoms with Crippen LogP contribution in [0.25, 0.3) is 0 Å². The molecule has 0 spiro atoms. The lowest BCUT2D eigenvalue weighted by atomic mass is 10.1. The van der Waals surface area contributed by atoms with E-state index in [1.165, 1.54) is 12.1 Å². The van der Waals surface area contributed by atoms with Crippen molar-refractivity contribution in [3.8, 4) is 5.75 Å². The van der Waals surface area contributed by atoms with E-state index >= 15 is 0 Å². The van der Waals surface area contributed by atoms with Crippen molar-refractivity contribution in [1.29, 1.82) is 0 Å². The van der Waals surface area contributed by atoms with E-state index < -0.39 is 11.9 Å². The molecule has 148 valence electrons. The molecule has 2 aromatic rings. The average molecular weight is 384 g/mol. The molecular formula is C22H25FN2O3. The standard InChI is InChI=1S/C22H25FN2O3/c1-16-6-3-7-18(14-16)22(27)25-11-5-10-24(12-13-25)21(26)17(2)28-20-9-4-8-19(23)15-20/h3-4,6-9,14-15,17H,5,10-13H2,1-2H3. The van der Waals surface area contributed by atoms with Crippen LogP contribution in [-0.2, 0) is 4.79 Å². The van der Waals surface area contributed by atoms with Gasteiger partial charge in [-0.15, -0.1) is 0 Å². The quantitative estimate of drug-likeness (QED) is 0.813. The van der Waals surface area contributed by atoms with E-state index in [2.05, 4.69) is 0 Å². The van der Waals surface area contributed by atoms with Crippen LogP contribution in [0.4, 0.5) is 4.39 Å². The molecule has 0 bridgehead atoms. The Morgan fingerprint density at radius 1 is 1.00 bits per heavy atom. The Labute approximate surface area is 164 Å². The number of ether oxygens (including phenoxy) is 1. The van der Waals surface area contributed by atoms with Crippen LogP contribution < -0.4 is 4.74 Å². The van der Waals surface area contributed by atoms with E-state index in [4.69, 9.17) is 4.74 Å². The normalized spacial score (nSPS) is 15.7. The molecule has 1 unspecified atom stereocenters. The summed E-state index contributed by atoms with van der Waals surface area (Å²) in [7, 11) is 0. The van der Waals surface area contributed by atoms with Crippen LogP contribution in [0.3, 0.4) is 0 Å².